The maximum absolute atomic E-state index is 8.96. The van der Waals surface area contributed by atoms with E-state index in [1.54, 1.807) is 24.3 Å². The minimum absolute atomic E-state index is 0.0176. The lowest BCUT2D eigenvalue weighted by atomic mass is 10.2. The van der Waals surface area contributed by atoms with Crippen LogP contribution < -0.4 is 10.5 Å². The summed E-state index contributed by atoms with van der Waals surface area (Å²) in [4.78, 5) is 0.303. The van der Waals surface area contributed by atoms with Gasteiger partial charge in [0.25, 0.3) is 0 Å². The predicted octanol–water partition coefficient (Wildman–Crippen LogP) is 2.61. The normalized spacial score (nSPS) is 10.1. The van der Waals surface area contributed by atoms with Crippen LogP contribution in [0.15, 0.2) is 48.5 Å². The van der Waals surface area contributed by atoms with Crippen molar-refractivity contribution in [2.24, 2.45) is 5.73 Å². The predicted molar refractivity (Wildman–Crippen MR) is 74.8 cm³/mol. The standard InChI is InChI=1S/C14H13NO2S/c15-14(18)12-3-1-2-4-13(12)17-11-7-5-10(9-16)6-8-11/h1-8,16H,9H2,(H2,15,18). The fourth-order valence-electron chi connectivity index (χ4n) is 1.55. The van der Waals surface area contributed by atoms with Crippen LogP contribution >= 0.6 is 12.2 Å². The van der Waals surface area contributed by atoms with Crippen molar-refractivity contribution >= 4 is 17.2 Å². The van der Waals surface area contributed by atoms with Gasteiger partial charge in [-0.3, -0.25) is 0 Å². The second kappa shape index (κ2) is 5.62. The lowest BCUT2D eigenvalue weighted by Gasteiger charge is -2.10. The van der Waals surface area contributed by atoms with Crippen molar-refractivity contribution in [1.29, 1.82) is 0 Å². The first kappa shape index (κ1) is 12.5. The monoisotopic (exact) mass is 259 g/mol. The molecule has 4 heteroatoms. The first-order valence-electron chi connectivity index (χ1n) is 5.47. The van der Waals surface area contributed by atoms with Crippen LogP contribution in [-0.4, -0.2) is 10.1 Å². The van der Waals surface area contributed by atoms with Crippen LogP contribution in [0.4, 0.5) is 0 Å². The third-order valence-corrected chi connectivity index (χ3v) is 2.71. The number of aliphatic hydroxyl groups excluding tert-OH is 1. The van der Waals surface area contributed by atoms with Gasteiger partial charge in [0.15, 0.2) is 0 Å². The Kier molecular flexibility index (Phi) is 3.92. The van der Waals surface area contributed by atoms with Crippen LogP contribution in [0.1, 0.15) is 11.1 Å². The van der Waals surface area contributed by atoms with Crippen LogP contribution in [0.3, 0.4) is 0 Å². The number of para-hydroxylation sites is 1. The van der Waals surface area contributed by atoms with Crippen LogP contribution in [0.2, 0.25) is 0 Å². The molecule has 3 nitrogen and oxygen atoms in total. The highest BCUT2D eigenvalue weighted by Crippen LogP contribution is 2.25. The second-order valence-electron chi connectivity index (χ2n) is 3.76. The molecule has 3 N–H and O–H groups in total. The summed E-state index contributed by atoms with van der Waals surface area (Å²) in [5, 5.41) is 8.96. The number of hydrogen-bond acceptors (Lipinski definition) is 3. The topological polar surface area (TPSA) is 55.5 Å². The van der Waals surface area contributed by atoms with Gasteiger partial charge >= 0.3 is 0 Å². The van der Waals surface area contributed by atoms with Gasteiger partial charge in [-0.25, -0.2) is 0 Å². The molecule has 0 saturated carbocycles. The third kappa shape index (κ3) is 2.85. The number of thiocarbonyl (C=S) groups is 1. The number of nitrogens with two attached hydrogens (primary N) is 1. The van der Waals surface area contributed by atoms with Crippen molar-refractivity contribution in [3.8, 4) is 11.5 Å². The number of rotatable bonds is 4. The first-order chi connectivity index (χ1) is 8.70. The average molecular weight is 259 g/mol. The van der Waals surface area contributed by atoms with Gasteiger partial charge in [0, 0.05) is 0 Å². The maximum atomic E-state index is 8.96. The number of aliphatic hydroxyl groups is 1. The lowest BCUT2D eigenvalue weighted by molar-refractivity contribution is 0.281. The zero-order chi connectivity index (χ0) is 13.0. The molecule has 0 spiro atoms. The van der Waals surface area contributed by atoms with Gasteiger partial charge < -0.3 is 15.6 Å². The Balaban J connectivity index is 2.25. The molecule has 0 saturated heterocycles. The number of hydrogen-bond donors (Lipinski definition) is 2. The highest BCUT2D eigenvalue weighted by Gasteiger charge is 2.06. The highest BCUT2D eigenvalue weighted by atomic mass is 32.1. The van der Waals surface area contributed by atoms with E-state index in [-0.39, 0.29) is 6.61 Å². The van der Waals surface area contributed by atoms with E-state index in [2.05, 4.69) is 0 Å². The molecule has 2 aromatic carbocycles. The Labute approximate surface area is 111 Å². The quantitative estimate of drug-likeness (QED) is 0.829. The molecule has 0 fully saturated rings. The van der Waals surface area contributed by atoms with E-state index < -0.39 is 0 Å². The Morgan fingerprint density at radius 2 is 1.78 bits per heavy atom. The zero-order valence-electron chi connectivity index (χ0n) is 9.67. The molecular weight excluding hydrogens is 246 g/mol. The molecule has 0 aliphatic rings. The van der Waals surface area contributed by atoms with Crippen LogP contribution in [-0.2, 0) is 6.61 Å². The van der Waals surface area contributed by atoms with Crippen molar-refractivity contribution in [3.05, 3.63) is 59.7 Å². The van der Waals surface area contributed by atoms with Gasteiger partial charge in [0.2, 0.25) is 0 Å². The molecule has 0 bridgehead atoms. The molecule has 0 atom stereocenters. The van der Waals surface area contributed by atoms with Gasteiger partial charge in [-0.15, -0.1) is 0 Å². The van der Waals surface area contributed by atoms with Crippen molar-refractivity contribution in [2.75, 3.05) is 0 Å². The Hall–Kier alpha value is -1.91. The Morgan fingerprint density at radius 3 is 2.39 bits per heavy atom. The van der Waals surface area contributed by atoms with Crippen molar-refractivity contribution in [2.45, 2.75) is 6.61 Å². The third-order valence-electron chi connectivity index (χ3n) is 2.49. The molecule has 2 rings (SSSR count). The Bertz CT molecular complexity index is 552. The summed E-state index contributed by atoms with van der Waals surface area (Å²) in [5.74, 6) is 1.30. The van der Waals surface area contributed by atoms with E-state index in [1.165, 1.54) is 0 Å². The summed E-state index contributed by atoms with van der Waals surface area (Å²) in [5.41, 5.74) is 7.18. The minimum atomic E-state index is 0.0176. The maximum Gasteiger partial charge on any atom is 0.137 e. The van der Waals surface area contributed by atoms with E-state index >= 15 is 0 Å². The zero-order valence-corrected chi connectivity index (χ0v) is 10.5. The number of ether oxygens (including phenoxy) is 1. The molecule has 0 radical (unpaired) electrons. The summed E-state index contributed by atoms with van der Waals surface area (Å²) in [6, 6.07) is 14.5. The van der Waals surface area contributed by atoms with Crippen molar-refractivity contribution < 1.29 is 9.84 Å². The van der Waals surface area contributed by atoms with Crippen LogP contribution in [0, 0.1) is 0 Å². The summed E-state index contributed by atoms with van der Waals surface area (Å²) in [6.07, 6.45) is 0. The minimum Gasteiger partial charge on any atom is -0.457 e. The highest BCUT2D eigenvalue weighted by molar-refractivity contribution is 7.80. The Morgan fingerprint density at radius 1 is 1.11 bits per heavy atom. The summed E-state index contributed by atoms with van der Waals surface area (Å²) in [6.45, 7) is 0.0176. The van der Waals surface area contributed by atoms with E-state index in [9.17, 15) is 0 Å². The summed E-state index contributed by atoms with van der Waals surface area (Å²) >= 11 is 4.97. The second-order valence-corrected chi connectivity index (χ2v) is 4.20. The molecule has 0 amide bonds. The van der Waals surface area contributed by atoms with E-state index in [0.717, 1.165) is 5.56 Å². The van der Waals surface area contributed by atoms with E-state index in [1.807, 2.05) is 24.3 Å². The molecule has 2 aromatic rings. The fraction of sp³-hybridized carbons (Fsp3) is 0.0714. The van der Waals surface area contributed by atoms with Gasteiger partial charge in [-0.2, -0.15) is 0 Å². The molecule has 92 valence electrons. The molecule has 0 aliphatic carbocycles. The van der Waals surface area contributed by atoms with Crippen molar-refractivity contribution in [1.82, 2.24) is 0 Å². The molecule has 18 heavy (non-hydrogen) atoms. The van der Waals surface area contributed by atoms with Gasteiger partial charge in [0.1, 0.15) is 16.5 Å². The molecule has 0 heterocycles. The molecule has 0 aromatic heterocycles. The van der Waals surface area contributed by atoms with Crippen LogP contribution in [0.25, 0.3) is 0 Å². The molecule has 0 aliphatic heterocycles. The van der Waals surface area contributed by atoms with Gasteiger partial charge in [0.05, 0.1) is 12.2 Å². The average Bonchev–Trinajstić information content (AvgIpc) is 2.40. The molecule has 0 unspecified atom stereocenters. The van der Waals surface area contributed by atoms with Gasteiger partial charge in [-0.05, 0) is 29.8 Å². The van der Waals surface area contributed by atoms with Crippen LogP contribution in [0.5, 0.6) is 11.5 Å². The largest absolute Gasteiger partial charge is 0.457 e. The van der Waals surface area contributed by atoms with E-state index in [0.29, 0.717) is 22.1 Å². The van der Waals surface area contributed by atoms with Gasteiger partial charge in [-0.1, -0.05) is 36.5 Å². The number of benzene rings is 2. The fourth-order valence-corrected chi connectivity index (χ4v) is 1.72. The van der Waals surface area contributed by atoms with Crippen molar-refractivity contribution in [3.63, 3.8) is 0 Å². The first-order valence-corrected chi connectivity index (χ1v) is 5.88. The SMILES string of the molecule is NC(=S)c1ccccc1Oc1ccc(CO)cc1. The summed E-state index contributed by atoms with van der Waals surface area (Å²) < 4.78 is 5.72. The smallest absolute Gasteiger partial charge is 0.137 e. The lowest BCUT2D eigenvalue weighted by Crippen LogP contribution is -2.10. The van der Waals surface area contributed by atoms with E-state index in [4.69, 9.17) is 27.8 Å². The molecular formula is C14H13NO2S. The summed E-state index contributed by atoms with van der Waals surface area (Å²) in [7, 11) is 0.